The molecule has 22 nitrogen and oxygen atoms in total. The lowest BCUT2D eigenvalue weighted by molar-refractivity contribution is -0.288. The molecule has 1 saturated heterocycles. The molecule has 16 N–H and O–H groups in total. The van der Waals surface area contributed by atoms with Crippen LogP contribution in [0.4, 0.5) is 13.2 Å². The Balaban J connectivity index is 0.00000203. The number of nitrogens with two attached hydrogens (primary N) is 3. The molecule has 0 unspecified atom stereocenters. The van der Waals surface area contributed by atoms with E-state index in [-0.39, 0.29) is 38.2 Å². The van der Waals surface area contributed by atoms with Gasteiger partial charge in [-0.1, -0.05) is 13.8 Å². The first-order chi connectivity index (χ1) is 25.8. The van der Waals surface area contributed by atoms with E-state index in [1.165, 1.54) is 25.6 Å². The molecule has 11 atom stereocenters. The average molecular weight is 841 g/mol. The third-order valence-corrected chi connectivity index (χ3v) is 9.18. The summed E-state index contributed by atoms with van der Waals surface area (Å²) in [6.07, 6.45) is -16.8. The largest absolute Gasteiger partial charge is 0.490 e. The minimum Gasteiger partial charge on any atom is -0.481 e. The highest BCUT2D eigenvalue weighted by Gasteiger charge is 2.48. The number of amides is 3. The zero-order valence-corrected chi connectivity index (χ0v) is 31.1. The van der Waals surface area contributed by atoms with Crippen molar-refractivity contribution in [1.29, 1.82) is 0 Å². The molecule has 0 aromatic carbocycles. The normalized spacial score (nSPS) is 28.4. The topological polar surface area (TPSA) is 386 Å². The van der Waals surface area contributed by atoms with E-state index in [9.17, 15) is 62.7 Å². The number of aliphatic carboxylic acids is 2. The van der Waals surface area contributed by atoms with E-state index in [2.05, 4.69) is 16.0 Å². The van der Waals surface area contributed by atoms with Crippen LogP contribution in [0.2, 0.25) is 0 Å². The van der Waals surface area contributed by atoms with Gasteiger partial charge < -0.3 is 83.1 Å². The van der Waals surface area contributed by atoms with Gasteiger partial charge in [-0.05, 0) is 6.42 Å². The fraction of sp³-hybridized carbons (Fsp3) is 0.800. The van der Waals surface area contributed by atoms with Gasteiger partial charge in [0.2, 0.25) is 17.7 Å². The second-order valence-corrected chi connectivity index (χ2v) is 14.5. The predicted octanol–water partition coefficient (Wildman–Crippen LogP) is -5.56. The zero-order chi connectivity index (χ0) is 43.1. The number of carbonyl (C=O) groups excluding carboxylic acids is 4. The smallest absolute Gasteiger partial charge is 0.481 e. The molecule has 26 heteroatoms. The van der Waals surface area contributed by atoms with Crippen LogP contribution in [0, 0.1) is 5.41 Å². The van der Waals surface area contributed by atoms with Gasteiger partial charge in [-0.2, -0.15) is 24.9 Å². The van der Waals surface area contributed by atoms with Crippen LogP contribution < -0.4 is 33.2 Å². The fourth-order valence-electron chi connectivity index (χ4n) is 4.92. The van der Waals surface area contributed by atoms with Gasteiger partial charge in [0.1, 0.15) is 43.0 Å². The molecule has 0 bridgehead atoms. The van der Waals surface area contributed by atoms with Gasteiger partial charge in [-0.15, -0.1) is 0 Å². The van der Waals surface area contributed by atoms with Crippen LogP contribution in [0.15, 0.2) is 0 Å². The third-order valence-electron chi connectivity index (χ3n) is 8.22. The van der Waals surface area contributed by atoms with Crippen LogP contribution >= 0.6 is 11.8 Å². The molecule has 2 rings (SSSR count). The van der Waals surface area contributed by atoms with Crippen molar-refractivity contribution in [1.82, 2.24) is 16.0 Å². The molecule has 1 heterocycles. The molecule has 1 saturated carbocycles. The number of thioether (sulfide) groups is 1. The Morgan fingerprint density at radius 1 is 0.875 bits per heavy atom. The number of alkyl halides is 3. The van der Waals surface area contributed by atoms with Gasteiger partial charge in [0.05, 0.1) is 24.5 Å². The van der Waals surface area contributed by atoms with Crippen molar-refractivity contribution >= 4 is 47.4 Å². The summed E-state index contributed by atoms with van der Waals surface area (Å²) in [4.78, 5) is 67.6. The molecule has 3 amide bonds. The summed E-state index contributed by atoms with van der Waals surface area (Å²) in [5.41, 5.74) is 16.5. The molecule has 0 spiro atoms. The van der Waals surface area contributed by atoms with Crippen molar-refractivity contribution in [3.05, 3.63) is 0 Å². The van der Waals surface area contributed by atoms with Crippen molar-refractivity contribution in [2.75, 3.05) is 37.7 Å². The average Bonchev–Trinajstić information content (AvgIpc) is 3.10. The van der Waals surface area contributed by atoms with E-state index in [0.717, 1.165) is 0 Å². The number of aliphatic hydroxyl groups is 5. The Hall–Kier alpha value is -3.44. The van der Waals surface area contributed by atoms with E-state index in [0.29, 0.717) is 5.75 Å². The van der Waals surface area contributed by atoms with Crippen LogP contribution in [0.25, 0.3) is 0 Å². The summed E-state index contributed by atoms with van der Waals surface area (Å²) in [7, 11) is 0. The summed E-state index contributed by atoms with van der Waals surface area (Å²) in [5, 5.41) is 75.0. The van der Waals surface area contributed by atoms with Gasteiger partial charge in [0.25, 0.3) is 0 Å². The molecular formula is C30H51F3N6O16S. The molecular weight excluding hydrogens is 789 g/mol. The lowest BCUT2D eigenvalue weighted by Crippen LogP contribution is -2.67. The molecule has 0 radical (unpaired) electrons. The Morgan fingerprint density at radius 2 is 1.48 bits per heavy atom. The molecule has 1 aliphatic heterocycles. The minimum atomic E-state index is -5.08. The van der Waals surface area contributed by atoms with Crippen LogP contribution in [-0.4, -0.2) is 182 Å². The molecule has 1 aliphatic carbocycles. The number of carboxylic acid groups (broad SMARTS) is 2. The van der Waals surface area contributed by atoms with Gasteiger partial charge in [0.15, 0.2) is 6.29 Å². The first kappa shape index (κ1) is 50.6. The number of carbonyl (C=O) groups is 6. The van der Waals surface area contributed by atoms with Crippen molar-refractivity contribution in [2.24, 2.45) is 22.6 Å². The summed E-state index contributed by atoms with van der Waals surface area (Å²) >= 11 is 1.19. The second kappa shape index (κ2) is 23.1. The maximum atomic E-state index is 12.4. The van der Waals surface area contributed by atoms with Gasteiger partial charge in [-0.3, -0.25) is 24.0 Å². The first-order valence-electron chi connectivity index (χ1n) is 16.8. The third kappa shape index (κ3) is 17.0. The van der Waals surface area contributed by atoms with Crippen molar-refractivity contribution in [3.63, 3.8) is 0 Å². The van der Waals surface area contributed by atoms with E-state index in [1.54, 1.807) is 0 Å². The maximum Gasteiger partial charge on any atom is 0.490 e. The van der Waals surface area contributed by atoms with Crippen LogP contribution in [-0.2, 0) is 43.0 Å². The Bertz CT molecular complexity index is 1340. The summed E-state index contributed by atoms with van der Waals surface area (Å²) in [5.74, 6) is -6.46. The van der Waals surface area contributed by atoms with Crippen molar-refractivity contribution in [2.45, 2.75) is 106 Å². The van der Waals surface area contributed by atoms with Gasteiger partial charge in [0, 0.05) is 49.3 Å². The standard InChI is InChI=1S/C28H50N6O14S.C2HF3O2/c1-28(2,11-46-18(39)8-17(37)38)25(44)26(45)33-4-3-15(35)32-5-6-49-10-16(36)34-9-14-21(41)22(42)19(31)27(47-14)48-24-13(30)7-12(29)20(40)23(24)43;3-2(4,5)1(6)7/h12-14,19-25,27,40-44H,3-11,29-31H2,1-2H3,(H,32,35)(H,33,45)(H,34,36)(H,37,38);(H,6,7)/t12-,13+,14-,19-,20+,21-,22-,23-,24-,25+,27-;/m1./s1. The number of esters is 1. The monoisotopic (exact) mass is 840 g/mol. The van der Waals surface area contributed by atoms with E-state index < -0.39 is 127 Å². The lowest BCUT2D eigenvalue weighted by Gasteiger charge is -2.45. The van der Waals surface area contributed by atoms with Crippen LogP contribution in [0.5, 0.6) is 0 Å². The number of nitrogens with one attached hydrogen (secondary N) is 3. The molecule has 324 valence electrons. The predicted molar refractivity (Wildman–Crippen MR) is 184 cm³/mol. The quantitative estimate of drug-likeness (QED) is 0.0348. The maximum absolute atomic E-state index is 12.4. The summed E-state index contributed by atoms with van der Waals surface area (Å²) < 4.78 is 47.9. The summed E-state index contributed by atoms with van der Waals surface area (Å²) in [6, 6.07) is -2.77. The highest BCUT2D eigenvalue weighted by Crippen LogP contribution is 2.27. The molecule has 0 aromatic heterocycles. The number of halogens is 3. The Kier molecular flexibility index (Phi) is 20.9. The SMILES string of the molecule is CC(C)(COC(=O)CC(=O)O)[C@@H](O)C(=O)NCCC(=O)NCCSCC(=O)NC[C@H]1O[C@H](O[C@H]2[C@H](O)[C@@H](O)[C@H](N)C[C@@H]2N)[C@H](N)[C@@H](O)[C@@H]1O.O=C(O)C(F)(F)F. The minimum absolute atomic E-state index is 0.0166. The second-order valence-electron chi connectivity index (χ2n) is 13.4. The number of hydrogen-bond donors (Lipinski definition) is 13. The van der Waals surface area contributed by atoms with Crippen molar-refractivity contribution < 1.29 is 91.9 Å². The van der Waals surface area contributed by atoms with E-state index >= 15 is 0 Å². The van der Waals surface area contributed by atoms with E-state index in [1.807, 2.05) is 0 Å². The first-order valence-corrected chi connectivity index (χ1v) is 18.0. The van der Waals surface area contributed by atoms with Crippen molar-refractivity contribution in [3.8, 4) is 0 Å². The number of hydrogen-bond acceptors (Lipinski definition) is 18. The Labute approximate surface area is 321 Å². The Morgan fingerprint density at radius 3 is 2.05 bits per heavy atom. The molecule has 56 heavy (non-hydrogen) atoms. The highest BCUT2D eigenvalue weighted by molar-refractivity contribution is 7.99. The molecule has 0 aromatic rings. The number of ether oxygens (including phenoxy) is 3. The fourth-order valence-corrected chi connectivity index (χ4v) is 5.60. The van der Waals surface area contributed by atoms with Gasteiger partial charge in [-0.25, -0.2) is 4.79 Å². The van der Waals surface area contributed by atoms with Crippen LogP contribution in [0.3, 0.4) is 0 Å². The number of carboxylic acids is 2. The zero-order valence-electron chi connectivity index (χ0n) is 30.3. The van der Waals surface area contributed by atoms with Gasteiger partial charge >= 0.3 is 24.1 Å². The number of rotatable bonds is 18. The highest BCUT2D eigenvalue weighted by atomic mass is 32.2. The van der Waals surface area contributed by atoms with E-state index in [4.69, 9.17) is 46.4 Å². The lowest BCUT2D eigenvalue weighted by atomic mass is 9.84. The number of aliphatic hydroxyl groups excluding tert-OH is 5. The van der Waals surface area contributed by atoms with Crippen LogP contribution in [0.1, 0.15) is 33.1 Å². The molecule has 2 aliphatic rings. The summed E-state index contributed by atoms with van der Waals surface area (Å²) in [6.45, 7) is 2.36. The molecule has 2 fully saturated rings.